The Morgan fingerprint density at radius 3 is 2.43 bits per heavy atom. The van der Waals surface area contributed by atoms with E-state index in [1.807, 2.05) is 0 Å². The lowest BCUT2D eigenvalue weighted by Gasteiger charge is -2.60. The van der Waals surface area contributed by atoms with Gasteiger partial charge >= 0.3 is 6.18 Å². The molecule has 0 bridgehead atoms. The van der Waals surface area contributed by atoms with Gasteiger partial charge in [0.1, 0.15) is 0 Å². The molecule has 204 valence electrons. The maximum absolute atomic E-state index is 12.8. The molecule has 0 radical (unpaired) electrons. The molecular formula is C30H41F3N2O2. The molecule has 37 heavy (non-hydrogen) atoms. The van der Waals surface area contributed by atoms with Crippen LogP contribution in [0.1, 0.15) is 90.5 Å². The van der Waals surface area contributed by atoms with Crippen molar-refractivity contribution in [1.29, 1.82) is 0 Å². The normalized spacial score (nSPS) is 38.1. The van der Waals surface area contributed by atoms with Gasteiger partial charge in [0.2, 0.25) is 11.8 Å². The van der Waals surface area contributed by atoms with Gasteiger partial charge in [0, 0.05) is 24.6 Å². The molecule has 1 aromatic rings. The highest BCUT2D eigenvalue weighted by atomic mass is 19.4. The van der Waals surface area contributed by atoms with Gasteiger partial charge in [-0.15, -0.1) is 0 Å². The third-order valence-corrected chi connectivity index (χ3v) is 11.2. The molecule has 4 nitrogen and oxygen atoms in total. The SMILES string of the molecule is C[C@H](CCC(=O)Nc1ccc(C(F)(F)F)cc1)[C@H]1CC[C@H]2[C@@H]3CC[C@H]4NC(=O)CC[C@]4(C)[C@H]3CC[C@]12C. The van der Waals surface area contributed by atoms with E-state index < -0.39 is 11.7 Å². The van der Waals surface area contributed by atoms with Crippen LogP contribution < -0.4 is 10.6 Å². The minimum atomic E-state index is -4.38. The summed E-state index contributed by atoms with van der Waals surface area (Å²) in [5.41, 5.74) is 0.206. The number of nitrogens with one attached hydrogen (secondary N) is 2. The molecule has 1 heterocycles. The Balaban J connectivity index is 1.18. The number of rotatable bonds is 5. The van der Waals surface area contributed by atoms with Crippen LogP contribution in [0.15, 0.2) is 24.3 Å². The van der Waals surface area contributed by atoms with Crippen LogP contribution >= 0.6 is 0 Å². The second-order valence-electron chi connectivity index (χ2n) is 12.9. The van der Waals surface area contributed by atoms with E-state index in [1.165, 1.54) is 44.2 Å². The molecule has 1 aromatic carbocycles. The van der Waals surface area contributed by atoms with Crippen LogP contribution in [0.25, 0.3) is 0 Å². The molecule has 5 rings (SSSR count). The summed E-state index contributed by atoms with van der Waals surface area (Å²) in [6.07, 6.45) is 5.71. The Bertz CT molecular complexity index is 1020. The van der Waals surface area contributed by atoms with Gasteiger partial charge < -0.3 is 10.6 Å². The van der Waals surface area contributed by atoms with E-state index in [1.54, 1.807) is 0 Å². The fraction of sp³-hybridized carbons (Fsp3) is 0.733. The van der Waals surface area contributed by atoms with Crippen molar-refractivity contribution in [3.63, 3.8) is 0 Å². The zero-order valence-corrected chi connectivity index (χ0v) is 22.3. The molecule has 3 aliphatic carbocycles. The van der Waals surface area contributed by atoms with Crippen molar-refractivity contribution in [2.24, 2.45) is 40.4 Å². The van der Waals surface area contributed by atoms with Crippen LogP contribution in [0.4, 0.5) is 18.9 Å². The molecule has 1 saturated heterocycles. The van der Waals surface area contributed by atoms with Crippen molar-refractivity contribution in [2.75, 3.05) is 5.32 Å². The monoisotopic (exact) mass is 518 g/mol. The predicted octanol–water partition coefficient (Wildman–Crippen LogP) is 7.20. The Kier molecular flexibility index (Phi) is 6.89. The molecular weight excluding hydrogens is 477 g/mol. The van der Waals surface area contributed by atoms with Gasteiger partial charge in [-0.2, -0.15) is 13.2 Å². The summed E-state index contributed by atoms with van der Waals surface area (Å²) < 4.78 is 38.4. The summed E-state index contributed by atoms with van der Waals surface area (Å²) in [6.45, 7) is 7.22. The highest BCUT2D eigenvalue weighted by Gasteiger charge is 2.60. The lowest BCUT2D eigenvalue weighted by Crippen LogP contribution is -2.61. The summed E-state index contributed by atoms with van der Waals surface area (Å²) >= 11 is 0. The third kappa shape index (κ3) is 4.80. The minimum absolute atomic E-state index is 0.138. The molecule has 8 atom stereocenters. The first-order valence-electron chi connectivity index (χ1n) is 14.2. The highest BCUT2D eigenvalue weighted by molar-refractivity contribution is 5.90. The van der Waals surface area contributed by atoms with Gasteiger partial charge in [-0.25, -0.2) is 0 Å². The van der Waals surface area contributed by atoms with Crippen molar-refractivity contribution in [2.45, 2.75) is 97.2 Å². The molecule has 1 aliphatic heterocycles. The van der Waals surface area contributed by atoms with Crippen molar-refractivity contribution in [1.82, 2.24) is 5.32 Å². The average Bonchev–Trinajstić information content (AvgIpc) is 3.20. The Labute approximate surface area is 218 Å². The summed E-state index contributed by atoms with van der Waals surface area (Å²) in [7, 11) is 0. The van der Waals surface area contributed by atoms with Crippen molar-refractivity contribution >= 4 is 17.5 Å². The Morgan fingerprint density at radius 2 is 1.73 bits per heavy atom. The van der Waals surface area contributed by atoms with Crippen LogP contribution in [-0.4, -0.2) is 17.9 Å². The van der Waals surface area contributed by atoms with Crippen molar-refractivity contribution < 1.29 is 22.8 Å². The maximum atomic E-state index is 12.8. The summed E-state index contributed by atoms with van der Waals surface area (Å²) in [6, 6.07) is 4.97. The second-order valence-corrected chi connectivity index (χ2v) is 12.9. The van der Waals surface area contributed by atoms with E-state index in [4.69, 9.17) is 0 Å². The molecule has 0 aromatic heterocycles. The Hall–Kier alpha value is -2.05. The first-order valence-corrected chi connectivity index (χ1v) is 14.2. The first kappa shape index (κ1) is 26.6. The number of carbonyl (C=O) groups excluding carboxylic acids is 2. The van der Waals surface area contributed by atoms with Gasteiger partial charge in [0.15, 0.2) is 0 Å². The highest BCUT2D eigenvalue weighted by Crippen LogP contribution is 2.66. The number of benzene rings is 1. The molecule has 2 amide bonds. The Morgan fingerprint density at radius 1 is 1.03 bits per heavy atom. The summed E-state index contributed by atoms with van der Waals surface area (Å²) in [5, 5.41) is 6.08. The van der Waals surface area contributed by atoms with E-state index in [9.17, 15) is 22.8 Å². The second kappa shape index (κ2) is 9.60. The topological polar surface area (TPSA) is 58.2 Å². The van der Waals surface area contributed by atoms with Crippen LogP contribution in [0.2, 0.25) is 0 Å². The maximum Gasteiger partial charge on any atom is 0.416 e. The number of carbonyl (C=O) groups is 2. The molecule has 0 spiro atoms. The van der Waals surface area contributed by atoms with Gasteiger partial charge in [0.05, 0.1) is 5.56 Å². The van der Waals surface area contributed by atoms with Crippen LogP contribution in [0, 0.1) is 40.4 Å². The quantitative estimate of drug-likeness (QED) is 0.433. The number of fused-ring (bicyclic) bond motifs is 5. The number of halogens is 3. The first-order chi connectivity index (χ1) is 17.4. The molecule has 4 fully saturated rings. The van der Waals surface area contributed by atoms with Gasteiger partial charge in [-0.3, -0.25) is 9.59 Å². The number of piperidine rings is 1. The van der Waals surface area contributed by atoms with Gasteiger partial charge in [-0.1, -0.05) is 20.8 Å². The van der Waals surface area contributed by atoms with E-state index >= 15 is 0 Å². The molecule has 2 N–H and O–H groups in total. The van der Waals surface area contributed by atoms with E-state index in [-0.39, 0.29) is 17.2 Å². The van der Waals surface area contributed by atoms with Crippen molar-refractivity contribution in [3.8, 4) is 0 Å². The van der Waals surface area contributed by atoms with Crippen LogP contribution in [0.5, 0.6) is 0 Å². The summed E-state index contributed by atoms with van der Waals surface area (Å²) in [4.78, 5) is 24.6. The van der Waals surface area contributed by atoms with Gasteiger partial charge in [0.25, 0.3) is 0 Å². The summed E-state index contributed by atoms with van der Waals surface area (Å²) in [5.74, 6) is 3.23. The number of alkyl halides is 3. The number of anilines is 1. The van der Waals surface area contributed by atoms with E-state index in [2.05, 4.69) is 31.4 Å². The average molecular weight is 519 g/mol. The lowest BCUT2D eigenvalue weighted by molar-refractivity contribution is -0.138. The largest absolute Gasteiger partial charge is 0.416 e. The zero-order valence-electron chi connectivity index (χ0n) is 22.3. The molecule has 7 heteroatoms. The molecule has 3 saturated carbocycles. The molecule has 0 unspecified atom stereocenters. The molecule has 4 aliphatic rings. The van der Waals surface area contributed by atoms with Crippen molar-refractivity contribution in [3.05, 3.63) is 29.8 Å². The predicted molar refractivity (Wildman–Crippen MR) is 138 cm³/mol. The number of hydrogen-bond acceptors (Lipinski definition) is 2. The van der Waals surface area contributed by atoms with E-state index in [0.717, 1.165) is 43.2 Å². The van der Waals surface area contributed by atoms with E-state index in [0.29, 0.717) is 47.7 Å². The zero-order chi connectivity index (χ0) is 26.6. The standard InChI is InChI=1S/C30H41F3N2O2/c1-18(4-13-26(36)34-20-7-5-19(6-8-20)30(31,32)33)22-10-11-23-21-9-12-25-29(3,17-15-27(37)35-25)24(21)14-16-28(22,23)2/h5-8,18,21-25H,4,9-17H2,1-3H3,(H,34,36)(H,35,37)/t18-,21+,22-,23+,24+,25-,28-,29-/m1/s1. The number of amides is 2. The lowest BCUT2D eigenvalue weighted by atomic mass is 9.46. The van der Waals surface area contributed by atoms with Crippen LogP contribution in [-0.2, 0) is 15.8 Å². The fourth-order valence-electron chi connectivity index (χ4n) is 9.20. The fourth-order valence-corrected chi connectivity index (χ4v) is 9.20. The van der Waals surface area contributed by atoms with Gasteiger partial charge in [-0.05, 0) is 116 Å². The third-order valence-electron chi connectivity index (χ3n) is 11.2. The smallest absolute Gasteiger partial charge is 0.353 e. The number of hydrogen-bond donors (Lipinski definition) is 2. The van der Waals surface area contributed by atoms with Crippen LogP contribution in [0.3, 0.4) is 0 Å². The minimum Gasteiger partial charge on any atom is -0.353 e.